The van der Waals surface area contributed by atoms with Crippen molar-refractivity contribution in [3.8, 4) is 44.7 Å². The van der Waals surface area contributed by atoms with Gasteiger partial charge in [0.05, 0.1) is 41.1 Å². The van der Waals surface area contributed by atoms with Crippen molar-refractivity contribution < 1.29 is 45.5 Å². The average molecular weight is 653 g/mol. The van der Waals surface area contributed by atoms with Crippen molar-refractivity contribution in [1.29, 1.82) is 0 Å². The molecular weight excluding hydrogens is 593 g/mol. The van der Waals surface area contributed by atoms with E-state index >= 15 is 0 Å². The molecule has 1 heteroatoms. The molecule has 10 rings (SSSR count). The molecule has 1 nitrogen and oxygen atoms in total. The molecule has 0 N–H and O–H groups in total. The molecule has 49 heavy (non-hydrogen) atoms. The van der Waals surface area contributed by atoms with Crippen LogP contribution < -0.4 is 0 Å². The minimum Gasteiger partial charge on any atom is -0.455 e. The molecule has 0 unspecified atom stereocenters. The summed E-state index contributed by atoms with van der Waals surface area (Å²) < 4.78 is 277. The second-order valence-corrected chi connectivity index (χ2v) is 10.5. The lowest BCUT2D eigenvalue weighted by Crippen LogP contribution is -1.91. The van der Waals surface area contributed by atoms with Crippen LogP contribution in [0.3, 0.4) is 0 Å². The Kier molecular flexibility index (Phi) is 2.50. The van der Waals surface area contributed by atoms with E-state index < -0.39 is 280 Å². The highest BCUT2D eigenvalue weighted by atomic mass is 16.3. The Morgan fingerprint density at radius 1 is 0.306 bits per heavy atom. The summed E-state index contributed by atoms with van der Waals surface area (Å²) in [5.74, 6) is -0.987. The van der Waals surface area contributed by atoms with Crippen LogP contribution in [0.2, 0.25) is 0 Å². The maximum Gasteiger partial charge on any atom is 0.143 e. The van der Waals surface area contributed by atoms with Crippen LogP contribution in [0.4, 0.5) is 0 Å². The van der Waals surface area contributed by atoms with Crippen LogP contribution in [0.1, 0.15) is 41.1 Å². The highest BCUT2D eigenvalue weighted by molar-refractivity contribution is 6.25. The lowest BCUT2D eigenvalue weighted by atomic mass is 9.84. The van der Waals surface area contributed by atoms with Crippen molar-refractivity contribution in [1.82, 2.24) is 0 Å². The second-order valence-electron chi connectivity index (χ2n) is 10.5. The average Bonchev–Trinajstić information content (AvgIpc) is 3.52. The van der Waals surface area contributed by atoms with Crippen molar-refractivity contribution in [3.63, 3.8) is 0 Å². The molecule has 228 valence electrons. The lowest BCUT2D eigenvalue weighted by Gasteiger charge is -2.18. The van der Waals surface area contributed by atoms with Crippen molar-refractivity contribution in [2.45, 2.75) is 0 Å². The van der Waals surface area contributed by atoms with Gasteiger partial charge in [0.2, 0.25) is 0 Å². The summed E-state index contributed by atoms with van der Waals surface area (Å²) in [5, 5.41) is -6.54. The molecule has 0 bridgehead atoms. The molecule has 0 atom stereocenters. The first-order valence-corrected chi connectivity index (χ1v) is 14.4. The zero-order valence-corrected chi connectivity index (χ0v) is 24.4. The molecule has 0 aliphatic carbocycles. The molecule has 0 fully saturated rings. The molecule has 0 aliphatic rings. The second kappa shape index (κ2) is 11.1. The fourth-order valence-corrected chi connectivity index (χ4v) is 5.85. The zero-order chi connectivity index (χ0) is 58.4. The summed E-state index contributed by atoms with van der Waals surface area (Å²) >= 11 is 0. The Labute approximate surface area is 326 Å². The maximum absolute atomic E-state index is 9.98. The summed E-state index contributed by atoms with van der Waals surface area (Å²) in [6, 6.07) is -29.6. The van der Waals surface area contributed by atoms with Crippen LogP contribution in [0.25, 0.3) is 98.8 Å². The van der Waals surface area contributed by atoms with E-state index in [-0.39, 0.29) is 0 Å². The fraction of sp³-hybridized carbons (Fsp3) is 0. The van der Waals surface area contributed by atoms with Gasteiger partial charge < -0.3 is 4.42 Å². The van der Waals surface area contributed by atoms with E-state index in [1.54, 1.807) is 0 Å². The van der Waals surface area contributed by atoms with E-state index in [1.165, 1.54) is 0 Å². The Morgan fingerprint density at radius 3 is 1.53 bits per heavy atom. The fourth-order valence-electron chi connectivity index (χ4n) is 5.85. The smallest absolute Gasteiger partial charge is 0.143 e. The van der Waals surface area contributed by atoms with Crippen LogP contribution >= 0.6 is 0 Å². The predicted octanol–water partition coefficient (Wildman–Crippen LogP) is 13.7. The number of hydrogen-bond acceptors (Lipinski definition) is 1. The molecule has 0 amide bonds. The lowest BCUT2D eigenvalue weighted by molar-refractivity contribution is 0.632. The van der Waals surface area contributed by atoms with Gasteiger partial charge in [0.1, 0.15) is 11.3 Å². The third kappa shape index (κ3) is 4.40. The summed E-state index contributed by atoms with van der Waals surface area (Å²) in [4.78, 5) is 0. The highest BCUT2D eigenvalue weighted by Crippen LogP contribution is 2.50. The van der Waals surface area contributed by atoms with Crippen molar-refractivity contribution in [2.24, 2.45) is 0 Å². The van der Waals surface area contributed by atoms with E-state index in [1.807, 2.05) is 0 Å². The molecule has 0 saturated carbocycles. The standard InChI is InChI=1S/C48H30O/c1-3-13-31(14-4-1)34-26-28-44-43(30-34)47(48(49-44)36-25-27-38-35(29-36)24-23-32-15-7-8-18-37(32)38)46-41-21-11-9-19-39(41)45(33-16-5-2-6-17-33)40-20-10-12-22-42(40)46/h1-30H/i1D,2D,3D,4D,5D,6D,7D,8D,9D,10D,11D,12D,13D,14D,15D,16D,17D,18D,19D,20D,21D,22D,23D,24D,25D,26D,27D,28D,29D,30D. The Balaban J connectivity index is 1.60. The van der Waals surface area contributed by atoms with Gasteiger partial charge in [-0.25, -0.2) is 0 Å². The molecule has 0 aliphatic heterocycles. The highest BCUT2D eigenvalue weighted by Gasteiger charge is 2.24. The quantitative estimate of drug-likeness (QED) is 0.136. The maximum atomic E-state index is 9.98. The number of benzene rings is 9. The van der Waals surface area contributed by atoms with Crippen molar-refractivity contribution in [3.05, 3.63) is 181 Å². The van der Waals surface area contributed by atoms with Crippen molar-refractivity contribution >= 4 is 54.1 Å². The molecule has 0 saturated heterocycles. The minimum atomic E-state index is -1.09. The number of hydrogen-bond donors (Lipinski definition) is 0. The molecule has 1 aromatic heterocycles. The van der Waals surface area contributed by atoms with Crippen LogP contribution in [-0.2, 0) is 0 Å². The van der Waals surface area contributed by atoms with Crippen LogP contribution in [0.5, 0.6) is 0 Å². The van der Waals surface area contributed by atoms with E-state index in [0.717, 1.165) is 0 Å². The topological polar surface area (TPSA) is 13.1 Å². The van der Waals surface area contributed by atoms with E-state index in [0.29, 0.717) is 0 Å². The number of furan rings is 1. The SMILES string of the molecule is [2H]c1c([2H])c([2H])c(-c2c([2H])c([2H])c3oc(-c4c([2H])c([2H])c5c(c4[2H])c([2H])c([2H])c4c([2H])c([2H])c([2H])c([2H])c45)c(-c4c5c([2H])c([2H])c([2H])c([2H])c5c(-c5c([2H])c([2H])c([2H])c([2H])c5[2H])c5c([2H])c([2H])c([2H])c([2H])c45)c3c2[2H])c([2H])c1[2H]. The van der Waals surface area contributed by atoms with Gasteiger partial charge in [0, 0.05) is 22.1 Å². The predicted molar refractivity (Wildman–Crippen MR) is 208 cm³/mol. The molecule has 10 aromatic rings. The summed E-state index contributed by atoms with van der Waals surface area (Å²) in [6.45, 7) is 0. The summed E-state index contributed by atoms with van der Waals surface area (Å²) in [5.41, 5.74) is -6.81. The number of rotatable bonds is 4. The molecule has 1 heterocycles. The van der Waals surface area contributed by atoms with Gasteiger partial charge in [0.25, 0.3) is 0 Å². The first-order valence-electron chi connectivity index (χ1n) is 29.4. The summed E-state index contributed by atoms with van der Waals surface area (Å²) in [7, 11) is 0. The Bertz CT molecular complexity index is 4460. The Hall–Kier alpha value is -6.44. The first-order chi connectivity index (χ1) is 36.8. The van der Waals surface area contributed by atoms with Crippen LogP contribution in [-0.4, -0.2) is 0 Å². The van der Waals surface area contributed by atoms with Gasteiger partial charge in [-0.05, 0) is 83.5 Å². The minimum absolute atomic E-state index is 0.554. The molecule has 0 radical (unpaired) electrons. The van der Waals surface area contributed by atoms with Gasteiger partial charge >= 0.3 is 0 Å². The first kappa shape index (κ1) is 11.1. The Morgan fingerprint density at radius 2 is 0.837 bits per heavy atom. The largest absolute Gasteiger partial charge is 0.455 e. The van der Waals surface area contributed by atoms with Gasteiger partial charge in [-0.15, -0.1) is 0 Å². The van der Waals surface area contributed by atoms with E-state index in [9.17, 15) is 15.1 Å². The molecule has 0 spiro atoms. The van der Waals surface area contributed by atoms with Gasteiger partial charge in [-0.3, -0.25) is 0 Å². The monoisotopic (exact) mass is 652 g/mol. The third-order valence-corrected chi connectivity index (χ3v) is 7.87. The van der Waals surface area contributed by atoms with Crippen molar-refractivity contribution in [2.75, 3.05) is 0 Å². The molecular formula is C48H30O. The van der Waals surface area contributed by atoms with Crippen LogP contribution in [0.15, 0.2) is 186 Å². The summed E-state index contributed by atoms with van der Waals surface area (Å²) in [6.07, 6.45) is 0. The van der Waals surface area contributed by atoms with Gasteiger partial charge in [-0.2, -0.15) is 0 Å². The molecule has 9 aromatic carbocycles. The van der Waals surface area contributed by atoms with Gasteiger partial charge in [0.15, 0.2) is 0 Å². The van der Waals surface area contributed by atoms with Gasteiger partial charge in [-0.1, -0.05) is 163 Å². The zero-order valence-electron chi connectivity index (χ0n) is 54.4. The third-order valence-electron chi connectivity index (χ3n) is 7.87. The number of fused-ring (bicyclic) bond motifs is 6. The van der Waals surface area contributed by atoms with E-state index in [2.05, 4.69) is 0 Å². The van der Waals surface area contributed by atoms with Crippen LogP contribution in [0, 0.1) is 0 Å². The van der Waals surface area contributed by atoms with E-state index in [4.69, 9.17) is 30.5 Å². The normalized spacial score (nSPS) is 20.2.